The highest BCUT2D eigenvalue weighted by Crippen LogP contribution is 2.05. The Hall–Kier alpha value is -2.76. The molecule has 1 N–H and O–H groups in total. The Morgan fingerprint density at radius 1 is 1.08 bits per heavy atom. The summed E-state index contributed by atoms with van der Waals surface area (Å²) < 4.78 is 0. The summed E-state index contributed by atoms with van der Waals surface area (Å²) in [5.41, 5.74) is 2.13. The average molecular weight is 354 g/mol. The molecule has 0 saturated heterocycles. The Labute approximate surface area is 154 Å². The highest BCUT2D eigenvalue weighted by molar-refractivity contribution is 5.92. The summed E-state index contributed by atoms with van der Waals surface area (Å²) in [5.74, 6) is -0.250. The fourth-order valence-corrected chi connectivity index (χ4v) is 2.45. The zero-order valence-corrected chi connectivity index (χ0v) is 15.4. The zero-order valence-electron chi connectivity index (χ0n) is 15.4. The van der Waals surface area contributed by atoms with Gasteiger partial charge in [0.1, 0.15) is 5.69 Å². The van der Waals surface area contributed by atoms with Gasteiger partial charge in [-0.05, 0) is 18.9 Å². The smallest absolute Gasteiger partial charge is 0.274 e. The molecule has 0 radical (unpaired) electrons. The second-order valence-electron chi connectivity index (χ2n) is 6.20. The number of carbonyl (C=O) groups excluding carboxylic acids is 2. The van der Waals surface area contributed by atoms with Crippen molar-refractivity contribution in [2.75, 3.05) is 13.1 Å². The van der Waals surface area contributed by atoms with Gasteiger partial charge in [0.15, 0.2) is 0 Å². The molecule has 26 heavy (non-hydrogen) atoms. The SMILES string of the molecule is CCCCN(CCC(=O)NCc1ccccc1)C(=O)c1cnc(C)cn1. The van der Waals surface area contributed by atoms with Gasteiger partial charge < -0.3 is 10.2 Å². The summed E-state index contributed by atoms with van der Waals surface area (Å²) in [4.78, 5) is 34.7. The Balaban J connectivity index is 1.89. The van der Waals surface area contributed by atoms with Crippen molar-refractivity contribution in [3.05, 3.63) is 59.7 Å². The molecule has 0 saturated carbocycles. The van der Waals surface area contributed by atoms with Gasteiger partial charge in [-0.25, -0.2) is 4.98 Å². The van der Waals surface area contributed by atoms with Crippen molar-refractivity contribution in [3.63, 3.8) is 0 Å². The van der Waals surface area contributed by atoms with E-state index in [1.807, 2.05) is 37.3 Å². The molecule has 0 aliphatic carbocycles. The molecule has 0 aliphatic rings. The first kappa shape index (κ1) is 19.6. The van der Waals surface area contributed by atoms with Crippen LogP contribution in [0.2, 0.25) is 0 Å². The van der Waals surface area contributed by atoms with Gasteiger partial charge in [0.05, 0.1) is 11.9 Å². The summed E-state index contributed by atoms with van der Waals surface area (Å²) in [7, 11) is 0. The quantitative estimate of drug-likeness (QED) is 0.751. The topological polar surface area (TPSA) is 75.2 Å². The van der Waals surface area contributed by atoms with Gasteiger partial charge in [0.2, 0.25) is 5.91 Å². The second kappa shape index (κ2) is 10.3. The van der Waals surface area contributed by atoms with Crippen LogP contribution in [0.4, 0.5) is 0 Å². The average Bonchev–Trinajstić information content (AvgIpc) is 2.67. The molecule has 138 valence electrons. The maximum Gasteiger partial charge on any atom is 0.274 e. The Bertz CT molecular complexity index is 702. The number of aromatic nitrogens is 2. The standard InChI is InChI=1S/C20H26N4O2/c1-3-4-11-24(20(26)18-15-21-16(2)13-22-18)12-10-19(25)23-14-17-8-6-5-7-9-17/h5-9,13,15H,3-4,10-12,14H2,1-2H3,(H,23,25). The van der Waals surface area contributed by atoms with Crippen LogP contribution in [0.25, 0.3) is 0 Å². The molecule has 1 aromatic heterocycles. The molecule has 0 aliphatic heterocycles. The van der Waals surface area contributed by atoms with Crippen molar-refractivity contribution in [2.24, 2.45) is 0 Å². The first-order chi connectivity index (χ1) is 12.6. The van der Waals surface area contributed by atoms with Crippen LogP contribution in [0.1, 0.15) is 47.9 Å². The number of aryl methyl sites for hydroxylation is 1. The van der Waals surface area contributed by atoms with E-state index < -0.39 is 0 Å². The third-order valence-corrected chi connectivity index (χ3v) is 4.01. The summed E-state index contributed by atoms with van der Waals surface area (Å²) >= 11 is 0. The van der Waals surface area contributed by atoms with Gasteiger partial charge in [-0.2, -0.15) is 0 Å². The van der Waals surface area contributed by atoms with Gasteiger partial charge in [0, 0.05) is 32.3 Å². The maximum atomic E-state index is 12.6. The van der Waals surface area contributed by atoms with Gasteiger partial charge in [-0.3, -0.25) is 14.6 Å². The van der Waals surface area contributed by atoms with Crippen LogP contribution in [0.5, 0.6) is 0 Å². The van der Waals surface area contributed by atoms with Crippen molar-refractivity contribution in [2.45, 2.75) is 39.7 Å². The van der Waals surface area contributed by atoms with Crippen LogP contribution >= 0.6 is 0 Å². The lowest BCUT2D eigenvalue weighted by atomic mass is 10.2. The molecule has 1 heterocycles. The Morgan fingerprint density at radius 3 is 2.50 bits per heavy atom. The van der Waals surface area contributed by atoms with Gasteiger partial charge >= 0.3 is 0 Å². The van der Waals surface area contributed by atoms with Crippen LogP contribution in [-0.4, -0.2) is 39.8 Å². The van der Waals surface area contributed by atoms with Crippen LogP contribution < -0.4 is 5.32 Å². The lowest BCUT2D eigenvalue weighted by Gasteiger charge is -2.22. The fourth-order valence-electron chi connectivity index (χ4n) is 2.45. The largest absolute Gasteiger partial charge is 0.352 e. The van der Waals surface area contributed by atoms with Crippen LogP contribution in [0.3, 0.4) is 0 Å². The Kier molecular flexibility index (Phi) is 7.74. The predicted molar refractivity (Wildman–Crippen MR) is 100 cm³/mol. The molecule has 2 aromatic rings. The number of hydrogen-bond donors (Lipinski definition) is 1. The molecule has 2 rings (SSSR count). The number of unbranched alkanes of at least 4 members (excludes halogenated alkanes) is 1. The van der Waals surface area contributed by atoms with Crippen LogP contribution in [0, 0.1) is 6.92 Å². The minimum atomic E-state index is -0.179. The van der Waals surface area contributed by atoms with Crippen molar-refractivity contribution in [3.8, 4) is 0 Å². The Morgan fingerprint density at radius 2 is 1.85 bits per heavy atom. The van der Waals surface area contributed by atoms with E-state index in [2.05, 4.69) is 22.2 Å². The maximum absolute atomic E-state index is 12.6. The van der Waals surface area contributed by atoms with Crippen molar-refractivity contribution < 1.29 is 9.59 Å². The van der Waals surface area contributed by atoms with Gasteiger partial charge in [-0.1, -0.05) is 43.7 Å². The number of benzene rings is 1. The molecule has 0 spiro atoms. The number of hydrogen-bond acceptors (Lipinski definition) is 4. The van der Waals surface area contributed by atoms with Crippen LogP contribution in [-0.2, 0) is 11.3 Å². The molecule has 6 heteroatoms. The summed E-state index contributed by atoms with van der Waals surface area (Å²) in [6.45, 7) is 5.37. The number of amides is 2. The highest BCUT2D eigenvalue weighted by atomic mass is 16.2. The predicted octanol–water partition coefficient (Wildman–Crippen LogP) is 2.73. The highest BCUT2D eigenvalue weighted by Gasteiger charge is 2.18. The fraction of sp³-hybridized carbons (Fsp3) is 0.400. The molecule has 0 unspecified atom stereocenters. The molecule has 2 amide bonds. The summed E-state index contributed by atoms with van der Waals surface area (Å²) in [6, 6.07) is 9.75. The minimum absolute atomic E-state index is 0.0712. The molecular formula is C20H26N4O2. The van der Waals surface area contributed by atoms with Gasteiger partial charge in [0.25, 0.3) is 5.91 Å². The van der Waals surface area contributed by atoms with Crippen molar-refractivity contribution in [1.29, 1.82) is 0 Å². The third-order valence-electron chi connectivity index (χ3n) is 4.01. The van der Waals surface area contributed by atoms with Crippen molar-refractivity contribution >= 4 is 11.8 Å². The molecule has 0 bridgehead atoms. The number of nitrogens with one attached hydrogen (secondary N) is 1. The monoisotopic (exact) mass is 354 g/mol. The normalized spacial score (nSPS) is 10.4. The van der Waals surface area contributed by atoms with E-state index >= 15 is 0 Å². The van der Waals surface area contributed by atoms with Gasteiger partial charge in [-0.15, -0.1) is 0 Å². The van der Waals surface area contributed by atoms with Crippen molar-refractivity contribution in [1.82, 2.24) is 20.2 Å². The number of carbonyl (C=O) groups is 2. The zero-order chi connectivity index (χ0) is 18.8. The molecule has 0 fully saturated rings. The van der Waals surface area contributed by atoms with E-state index in [9.17, 15) is 9.59 Å². The van der Waals surface area contributed by atoms with E-state index in [0.29, 0.717) is 25.3 Å². The first-order valence-corrected chi connectivity index (χ1v) is 8.98. The molecule has 6 nitrogen and oxygen atoms in total. The van der Waals surface area contributed by atoms with E-state index in [-0.39, 0.29) is 18.2 Å². The van der Waals surface area contributed by atoms with E-state index in [4.69, 9.17) is 0 Å². The van der Waals surface area contributed by atoms with Crippen LogP contribution in [0.15, 0.2) is 42.7 Å². The van der Waals surface area contributed by atoms with E-state index in [0.717, 1.165) is 24.1 Å². The molecular weight excluding hydrogens is 328 g/mol. The molecule has 1 aromatic carbocycles. The second-order valence-corrected chi connectivity index (χ2v) is 6.20. The lowest BCUT2D eigenvalue weighted by molar-refractivity contribution is -0.121. The summed E-state index contributed by atoms with van der Waals surface area (Å²) in [5, 5.41) is 2.89. The molecule has 0 atom stereocenters. The third kappa shape index (κ3) is 6.27. The number of nitrogens with zero attached hydrogens (tertiary/aromatic N) is 3. The first-order valence-electron chi connectivity index (χ1n) is 8.98. The summed E-state index contributed by atoms with van der Waals surface area (Å²) in [6.07, 6.45) is 5.20. The lowest BCUT2D eigenvalue weighted by Crippen LogP contribution is -2.36. The minimum Gasteiger partial charge on any atom is -0.352 e. The van der Waals surface area contributed by atoms with E-state index in [1.165, 1.54) is 6.20 Å². The van der Waals surface area contributed by atoms with E-state index in [1.54, 1.807) is 11.1 Å². The number of rotatable bonds is 9.